The molecule has 0 aliphatic heterocycles. The van der Waals surface area contributed by atoms with Crippen LogP contribution in [0, 0.1) is 17.2 Å². The molecule has 0 aromatic heterocycles. The summed E-state index contributed by atoms with van der Waals surface area (Å²) in [5.41, 5.74) is 5.15. The van der Waals surface area contributed by atoms with Crippen LogP contribution in [0.5, 0.6) is 0 Å². The van der Waals surface area contributed by atoms with E-state index in [1.807, 2.05) is 0 Å². The van der Waals surface area contributed by atoms with E-state index in [9.17, 15) is 19.5 Å². The van der Waals surface area contributed by atoms with E-state index in [0.29, 0.717) is 44.0 Å². The first-order valence-corrected chi connectivity index (χ1v) is 10.3. The van der Waals surface area contributed by atoms with Gasteiger partial charge in [-0.15, -0.1) is 0 Å². The van der Waals surface area contributed by atoms with Crippen molar-refractivity contribution < 1.29 is 19.5 Å². The third kappa shape index (κ3) is 13.2. The van der Waals surface area contributed by atoms with E-state index in [1.54, 1.807) is 0 Å². The van der Waals surface area contributed by atoms with Crippen LogP contribution in [0.4, 0.5) is 0 Å². The lowest BCUT2D eigenvalue weighted by Gasteiger charge is -2.16. The number of rotatable bonds is 15. The number of carboxylic acid groups (broad SMARTS) is 1. The number of carbonyl (C=O) groups is 3. The van der Waals surface area contributed by atoms with Crippen molar-refractivity contribution >= 4 is 36.4 Å². The normalized spacial score (nSPS) is 12.9. The summed E-state index contributed by atoms with van der Waals surface area (Å²) in [4.78, 5) is 35.2. The van der Waals surface area contributed by atoms with E-state index in [0.717, 1.165) is 6.42 Å². The molecular formula is C18H35N5O4S. The van der Waals surface area contributed by atoms with Crippen LogP contribution in [0.1, 0.15) is 52.4 Å². The van der Waals surface area contributed by atoms with Crippen molar-refractivity contribution in [3.05, 3.63) is 0 Å². The van der Waals surface area contributed by atoms with Crippen LogP contribution < -0.4 is 21.7 Å². The predicted molar refractivity (Wildman–Crippen MR) is 112 cm³/mol. The van der Waals surface area contributed by atoms with Gasteiger partial charge in [-0.05, 0) is 38.0 Å². The van der Waals surface area contributed by atoms with E-state index in [2.05, 4.69) is 42.4 Å². The van der Waals surface area contributed by atoms with Gasteiger partial charge in [0.05, 0.1) is 0 Å². The van der Waals surface area contributed by atoms with Gasteiger partial charge < -0.3 is 26.8 Å². The fourth-order valence-corrected chi connectivity index (χ4v) is 2.97. The first-order chi connectivity index (χ1) is 13.2. The zero-order valence-electron chi connectivity index (χ0n) is 16.8. The average Bonchev–Trinajstić information content (AvgIpc) is 2.61. The zero-order chi connectivity index (χ0) is 21.5. The molecule has 28 heavy (non-hydrogen) atoms. The standard InChI is InChI=1S/C18H35N5O4S/c1-12(2)10-13(11-28)16(25)21-8-4-3-7-15(24)23-14(17(26)27)6-5-9-22-18(19)20/h12-14,28H,3-11H2,1-2H3,(H,21,25)(H,23,24)(H,26,27)(H4,19,20,22)/t13?,14-/m0/s1. The summed E-state index contributed by atoms with van der Waals surface area (Å²) in [6.45, 7) is 4.98. The molecule has 1 unspecified atom stereocenters. The second kappa shape index (κ2) is 15.0. The Kier molecular flexibility index (Phi) is 14.0. The quantitative estimate of drug-likeness (QED) is 0.0899. The van der Waals surface area contributed by atoms with Crippen molar-refractivity contribution in [2.24, 2.45) is 17.6 Å². The Bertz CT molecular complexity index is 516. The molecular weight excluding hydrogens is 382 g/mol. The minimum atomic E-state index is -1.09. The largest absolute Gasteiger partial charge is 0.480 e. The number of nitrogens with two attached hydrogens (primary N) is 1. The number of unbranched alkanes of at least 4 members (excludes halogenated alkanes) is 1. The summed E-state index contributed by atoms with van der Waals surface area (Å²) in [5.74, 6) is -0.790. The van der Waals surface area contributed by atoms with E-state index in [1.165, 1.54) is 0 Å². The van der Waals surface area contributed by atoms with Gasteiger partial charge in [0.25, 0.3) is 0 Å². The second-order valence-electron chi connectivity index (χ2n) is 7.20. The molecule has 0 aromatic rings. The van der Waals surface area contributed by atoms with Crippen molar-refractivity contribution in [3.8, 4) is 0 Å². The Morgan fingerprint density at radius 1 is 1.11 bits per heavy atom. The Labute approximate surface area is 172 Å². The van der Waals surface area contributed by atoms with Crippen molar-refractivity contribution in [3.63, 3.8) is 0 Å². The van der Waals surface area contributed by atoms with Crippen LogP contribution in [0.3, 0.4) is 0 Å². The molecule has 0 aliphatic rings. The van der Waals surface area contributed by atoms with Gasteiger partial charge in [-0.1, -0.05) is 13.8 Å². The molecule has 2 amide bonds. The van der Waals surface area contributed by atoms with Gasteiger partial charge >= 0.3 is 5.97 Å². The second-order valence-corrected chi connectivity index (χ2v) is 7.56. The Morgan fingerprint density at radius 2 is 1.75 bits per heavy atom. The third-order valence-corrected chi connectivity index (χ3v) is 4.54. The smallest absolute Gasteiger partial charge is 0.326 e. The maximum atomic E-state index is 12.1. The van der Waals surface area contributed by atoms with Crippen LogP contribution in [-0.4, -0.2) is 53.7 Å². The number of carboxylic acids is 1. The van der Waals surface area contributed by atoms with Crippen LogP contribution >= 0.6 is 12.6 Å². The molecule has 162 valence electrons. The maximum Gasteiger partial charge on any atom is 0.326 e. The molecule has 0 aliphatic carbocycles. The minimum absolute atomic E-state index is 0.0155. The van der Waals surface area contributed by atoms with E-state index < -0.39 is 12.0 Å². The highest BCUT2D eigenvalue weighted by molar-refractivity contribution is 7.80. The lowest BCUT2D eigenvalue weighted by molar-refractivity contribution is -0.142. The minimum Gasteiger partial charge on any atom is -0.480 e. The van der Waals surface area contributed by atoms with Crippen molar-refractivity contribution in [2.45, 2.75) is 58.4 Å². The van der Waals surface area contributed by atoms with Gasteiger partial charge in [-0.25, -0.2) is 4.79 Å². The van der Waals surface area contributed by atoms with E-state index in [-0.39, 0.29) is 36.5 Å². The molecule has 0 bridgehead atoms. The average molecular weight is 418 g/mol. The van der Waals surface area contributed by atoms with Gasteiger partial charge in [0, 0.05) is 31.2 Å². The summed E-state index contributed by atoms with van der Waals surface area (Å²) in [6.07, 6.45) is 2.90. The number of amides is 2. The number of guanidine groups is 1. The highest BCUT2D eigenvalue weighted by atomic mass is 32.1. The summed E-state index contributed by atoms with van der Waals surface area (Å²) < 4.78 is 0. The number of hydrogen-bond acceptors (Lipinski definition) is 5. The molecule has 0 saturated heterocycles. The topological polar surface area (TPSA) is 157 Å². The highest BCUT2D eigenvalue weighted by Crippen LogP contribution is 2.13. The van der Waals surface area contributed by atoms with E-state index in [4.69, 9.17) is 11.1 Å². The van der Waals surface area contributed by atoms with Crippen LogP contribution in [0.25, 0.3) is 0 Å². The molecule has 0 fully saturated rings. The monoisotopic (exact) mass is 417 g/mol. The van der Waals surface area contributed by atoms with Crippen molar-refractivity contribution in [2.75, 3.05) is 18.8 Å². The van der Waals surface area contributed by atoms with Gasteiger partial charge in [-0.3, -0.25) is 15.0 Å². The molecule has 0 spiro atoms. The molecule has 9 nitrogen and oxygen atoms in total. The number of thiol groups is 1. The fraction of sp³-hybridized carbons (Fsp3) is 0.778. The first-order valence-electron chi connectivity index (χ1n) is 9.66. The van der Waals surface area contributed by atoms with Crippen LogP contribution in [0.15, 0.2) is 0 Å². The summed E-state index contributed by atoms with van der Waals surface area (Å²) in [6, 6.07) is -0.965. The van der Waals surface area contributed by atoms with Crippen molar-refractivity contribution in [1.82, 2.24) is 16.0 Å². The molecule has 10 heteroatoms. The Balaban J connectivity index is 4.04. The van der Waals surface area contributed by atoms with Crippen LogP contribution in [0.2, 0.25) is 0 Å². The molecule has 2 atom stereocenters. The highest BCUT2D eigenvalue weighted by Gasteiger charge is 2.20. The first kappa shape index (κ1) is 26.0. The lowest BCUT2D eigenvalue weighted by atomic mass is 9.98. The number of hydrogen-bond donors (Lipinski definition) is 7. The summed E-state index contributed by atoms with van der Waals surface area (Å²) in [7, 11) is 0. The van der Waals surface area contributed by atoms with Gasteiger partial charge in [0.2, 0.25) is 11.8 Å². The van der Waals surface area contributed by atoms with Crippen molar-refractivity contribution in [1.29, 1.82) is 5.41 Å². The lowest BCUT2D eigenvalue weighted by Crippen LogP contribution is -2.41. The number of aliphatic carboxylic acids is 1. The summed E-state index contributed by atoms with van der Waals surface area (Å²) >= 11 is 4.23. The number of nitrogens with one attached hydrogen (secondary N) is 4. The molecule has 0 heterocycles. The molecule has 7 N–H and O–H groups in total. The Hall–Kier alpha value is -1.97. The third-order valence-electron chi connectivity index (χ3n) is 4.10. The van der Waals surface area contributed by atoms with Gasteiger partial charge in [0.15, 0.2) is 5.96 Å². The molecule has 0 saturated carbocycles. The molecule has 0 radical (unpaired) electrons. The molecule has 0 rings (SSSR count). The molecule has 0 aromatic carbocycles. The Morgan fingerprint density at radius 3 is 2.29 bits per heavy atom. The van der Waals surface area contributed by atoms with E-state index >= 15 is 0 Å². The predicted octanol–water partition coefficient (Wildman–Crippen LogP) is 0.698. The van der Waals surface area contributed by atoms with Gasteiger partial charge in [-0.2, -0.15) is 12.6 Å². The summed E-state index contributed by atoms with van der Waals surface area (Å²) in [5, 5.41) is 24.2. The number of carbonyl (C=O) groups excluding carboxylic acids is 2. The van der Waals surface area contributed by atoms with Gasteiger partial charge in [0.1, 0.15) is 6.04 Å². The SMILES string of the molecule is CC(C)CC(CS)C(=O)NCCCCC(=O)N[C@@H](CCCNC(=N)N)C(=O)O. The zero-order valence-corrected chi connectivity index (χ0v) is 17.7. The van der Waals surface area contributed by atoms with Crippen LogP contribution in [-0.2, 0) is 14.4 Å². The maximum absolute atomic E-state index is 12.1. The fourth-order valence-electron chi connectivity index (χ4n) is 2.65.